The lowest BCUT2D eigenvalue weighted by atomic mass is 9.92. The van der Waals surface area contributed by atoms with Crippen LogP contribution in [0.2, 0.25) is 5.02 Å². The van der Waals surface area contributed by atoms with E-state index in [-0.39, 0.29) is 18.5 Å². The Morgan fingerprint density at radius 3 is 2.56 bits per heavy atom. The van der Waals surface area contributed by atoms with Crippen LogP contribution >= 0.6 is 11.6 Å². The van der Waals surface area contributed by atoms with E-state index in [1.165, 1.54) is 0 Å². The molecule has 0 aliphatic rings. The fourth-order valence-electron chi connectivity index (χ4n) is 2.33. The lowest BCUT2D eigenvalue weighted by molar-refractivity contribution is -0.146. The molecule has 0 heterocycles. The van der Waals surface area contributed by atoms with Gasteiger partial charge in [-0.15, -0.1) is 0 Å². The fraction of sp³-hybridized carbons (Fsp3) is 0.500. The van der Waals surface area contributed by atoms with Crippen LogP contribution in [0.1, 0.15) is 33.3 Å². The number of ether oxygens (including phenoxy) is 2. The summed E-state index contributed by atoms with van der Waals surface area (Å²) in [5.41, 5.74) is 3.73. The second-order valence-electron chi connectivity index (χ2n) is 5.96. The van der Waals surface area contributed by atoms with Crippen LogP contribution in [0.25, 0.3) is 0 Å². The lowest BCUT2D eigenvalue weighted by Crippen LogP contribution is -2.32. The van der Waals surface area contributed by atoms with Crippen LogP contribution in [0, 0.1) is 18.8 Å². The molecule has 1 aromatic rings. The summed E-state index contributed by atoms with van der Waals surface area (Å²) < 4.78 is 10.5. The third-order valence-electron chi connectivity index (χ3n) is 3.51. The average Bonchev–Trinajstić information content (AvgIpc) is 2.52. The summed E-state index contributed by atoms with van der Waals surface area (Å²) in [6.45, 7) is 9.18. The Morgan fingerprint density at radius 2 is 2.00 bits per heavy atom. The van der Waals surface area contributed by atoms with E-state index in [9.17, 15) is 9.59 Å². The molecule has 0 saturated carbocycles. The van der Waals surface area contributed by atoms with E-state index < -0.39 is 11.8 Å². The molecule has 0 saturated heterocycles. The number of hydrazone groups is 1. The van der Waals surface area contributed by atoms with Gasteiger partial charge in [-0.3, -0.25) is 9.59 Å². The molecule has 138 valence electrons. The largest absolute Gasteiger partial charge is 0.483 e. The predicted molar refractivity (Wildman–Crippen MR) is 97.9 cm³/mol. The minimum absolute atomic E-state index is 0.00710. The van der Waals surface area contributed by atoms with Crippen molar-refractivity contribution in [2.24, 2.45) is 16.9 Å². The van der Waals surface area contributed by atoms with Crippen LogP contribution in [-0.2, 0) is 14.3 Å². The number of aryl methyl sites for hydroxylation is 1. The minimum Gasteiger partial charge on any atom is -0.483 e. The van der Waals surface area contributed by atoms with Gasteiger partial charge in [-0.25, -0.2) is 5.43 Å². The zero-order valence-corrected chi connectivity index (χ0v) is 16.0. The molecule has 1 amide bonds. The number of hydrogen-bond donors (Lipinski definition) is 1. The van der Waals surface area contributed by atoms with Gasteiger partial charge in [-0.05, 0) is 50.5 Å². The van der Waals surface area contributed by atoms with E-state index in [4.69, 9.17) is 21.1 Å². The molecule has 7 heteroatoms. The molecule has 0 radical (unpaired) electrons. The molecular formula is C18H25ClN2O4. The number of rotatable bonds is 8. The summed E-state index contributed by atoms with van der Waals surface area (Å²) in [7, 11) is 0. The van der Waals surface area contributed by atoms with Crippen molar-refractivity contribution in [3.63, 3.8) is 0 Å². The van der Waals surface area contributed by atoms with Crippen LogP contribution in [0.3, 0.4) is 0 Å². The van der Waals surface area contributed by atoms with Crippen LogP contribution in [0.5, 0.6) is 5.75 Å². The lowest BCUT2D eigenvalue weighted by Gasteiger charge is -2.18. The first-order valence-electron chi connectivity index (χ1n) is 8.14. The second-order valence-corrected chi connectivity index (χ2v) is 6.40. The molecule has 0 fully saturated rings. The summed E-state index contributed by atoms with van der Waals surface area (Å²) >= 11 is 5.88. The Morgan fingerprint density at radius 1 is 1.32 bits per heavy atom. The van der Waals surface area contributed by atoms with E-state index in [1.54, 1.807) is 32.0 Å². The fourth-order valence-corrected chi connectivity index (χ4v) is 2.55. The SMILES string of the molecule is CCOC(=O)C(/C(C)=N/NC(=O)COc1ccc(Cl)cc1C)C(C)C. The molecule has 1 atom stereocenters. The van der Waals surface area contributed by atoms with Gasteiger partial charge in [0, 0.05) is 10.7 Å². The molecule has 1 N–H and O–H groups in total. The van der Waals surface area contributed by atoms with Gasteiger partial charge in [0.2, 0.25) is 0 Å². The van der Waals surface area contributed by atoms with Gasteiger partial charge in [0.05, 0.1) is 12.5 Å². The summed E-state index contributed by atoms with van der Waals surface area (Å²) in [6.07, 6.45) is 0. The Balaban J connectivity index is 2.63. The van der Waals surface area contributed by atoms with Crippen molar-refractivity contribution in [1.29, 1.82) is 0 Å². The topological polar surface area (TPSA) is 77.0 Å². The van der Waals surface area contributed by atoms with Crippen molar-refractivity contribution in [2.75, 3.05) is 13.2 Å². The molecule has 0 aromatic heterocycles. The van der Waals surface area contributed by atoms with E-state index >= 15 is 0 Å². The van der Waals surface area contributed by atoms with Crippen molar-refractivity contribution in [2.45, 2.75) is 34.6 Å². The molecule has 0 spiro atoms. The van der Waals surface area contributed by atoms with Gasteiger partial charge < -0.3 is 9.47 Å². The Hall–Kier alpha value is -2.08. The van der Waals surface area contributed by atoms with Gasteiger partial charge in [-0.1, -0.05) is 25.4 Å². The smallest absolute Gasteiger partial charge is 0.314 e. The van der Waals surface area contributed by atoms with Gasteiger partial charge in [0.25, 0.3) is 5.91 Å². The molecule has 25 heavy (non-hydrogen) atoms. The quantitative estimate of drug-likeness (QED) is 0.433. The highest BCUT2D eigenvalue weighted by molar-refractivity contribution is 6.30. The number of nitrogens with zero attached hydrogens (tertiary/aromatic N) is 1. The number of nitrogens with one attached hydrogen (secondary N) is 1. The number of carbonyl (C=O) groups excluding carboxylic acids is 2. The van der Waals surface area contributed by atoms with Gasteiger partial charge in [-0.2, -0.15) is 5.10 Å². The zero-order chi connectivity index (χ0) is 19.0. The van der Waals surface area contributed by atoms with Crippen LogP contribution in [0.4, 0.5) is 0 Å². The van der Waals surface area contributed by atoms with Crippen LogP contribution in [0.15, 0.2) is 23.3 Å². The zero-order valence-electron chi connectivity index (χ0n) is 15.3. The maximum Gasteiger partial charge on any atom is 0.314 e. The highest BCUT2D eigenvalue weighted by atomic mass is 35.5. The molecule has 6 nitrogen and oxygen atoms in total. The Kier molecular flexibility index (Phi) is 8.41. The number of halogens is 1. The van der Waals surface area contributed by atoms with Crippen molar-refractivity contribution < 1.29 is 19.1 Å². The van der Waals surface area contributed by atoms with Crippen molar-refractivity contribution in [3.05, 3.63) is 28.8 Å². The highest BCUT2D eigenvalue weighted by Crippen LogP contribution is 2.21. The number of esters is 1. The Labute approximate surface area is 153 Å². The number of benzene rings is 1. The summed E-state index contributed by atoms with van der Waals surface area (Å²) in [4.78, 5) is 23.9. The van der Waals surface area contributed by atoms with Gasteiger partial charge >= 0.3 is 5.97 Å². The first-order chi connectivity index (χ1) is 11.8. The Bertz CT molecular complexity index is 644. The average molecular weight is 369 g/mol. The predicted octanol–water partition coefficient (Wildman–Crippen LogP) is 3.35. The number of hydrogen-bond acceptors (Lipinski definition) is 5. The maximum absolute atomic E-state index is 12.0. The van der Waals surface area contributed by atoms with Crippen LogP contribution in [-0.4, -0.2) is 30.8 Å². The van der Waals surface area contributed by atoms with E-state index in [2.05, 4.69) is 10.5 Å². The summed E-state index contributed by atoms with van der Waals surface area (Å²) in [5.74, 6) is -0.680. The number of carbonyl (C=O) groups is 2. The van der Waals surface area contributed by atoms with Crippen molar-refractivity contribution in [3.8, 4) is 5.75 Å². The molecular weight excluding hydrogens is 344 g/mol. The van der Waals surface area contributed by atoms with E-state index in [0.717, 1.165) is 5.56 Å². The third kappa shape index (κ3) is 6.74. The van der Waals surface area contributed by atoms with Gasteiger partial charge in [0.15, 0.2) is 6.61 Å². The summed E-state index contributed by atoms with van der Waals surface area (Å²) in [5, 5.41) is 4.62. The molecule has 0 bridgehead atoms. The summed E-state index contributed by atoms with van der Waals surface area (Å²) in [6, 6.07) is 5.15. The third-order valence-corrected chi connectivity index (χ3v) is 3.75. The van der Waals surface area contributed by atoms with E-state index in [0.29, 0.717) is 23.1 Å². The normalized spacial score (nSPS) is 12.7. The molecule has 0 aliphatic heterocycles. The molecule has 0 aliphatic carbocycles. The maximum atomic E-state index is 12.0. The number of amides is 1. The van der Waals surface area contributed by atoms with Crippen molar-refractivity contribution >= 4 is 29.2 Å². The molecule has 1 aromatic carbocycles. The monoisotopic (exact) mass is 368 g/mol. The highest BCUT2D eigenvalue weighted by Gasteiger charge is 2.26. The standard InChI is InChI=1S/C18H25ClN2O4/c1-6-24-18(23)17(11(2)3)13(5)20-21-16(22)10-25-15-8-7-14(19)9-12(15)4/h7-9,11,17H,6,10H2,1-5H3,(H,21,22)/b20-13+. The van der Waals surface area contributed by atoms with Crippen molar-refractivity contribution in [1.82, 2.24) is 5.43 Å². The van der Waals surface area contributed by atoms with Gasteiger partial charge in [0.1, 0.15) is 5.75 Å². The van der Waals surface area contributed by atoms with E-state index in [1.807, 2.05) is 20.8 Å². The first-order valence-corrected chi connectivity index (χ1v) is 8.52. The second kappa shape index (κ2) is 10.0. The molecule has 1 unspecified atom stereocenters. The van der Waals surface area contributed by atoms with Crippen LogP contribution < -0.4 is 10.2 Å². The minimum atomic E-state index is -0.500. The first kappa shape index (κ1) is 21.0. The molecule has 1 rings (SSSR count).